The third-order valence-electron chi connectivity index (χ3n) is 12.4. The highest BCUT2D eigenvalue weighted by Crippen LogP contribution is 2.15. The van der Waals surface area contributed by atoms with E-state index >= 15 is 0 Å². The number of phenols is 1. The minimum absolute atomic E-state index is 0.00125. The molecule has 0 aliphatic rings. The molecule has 0 aromatic heterocycles. The number of amides is 10. The average Bonchev–Trinajstić information content (AvgIpc) is 3.38. The van der Waals surface area contributed by atoms with E-state index in [1.165, 1.54) is 24.3 Å². The number of unbranched alkanes of at least 4 members (excludes halogenated alkanes) is 1. The number of aromatic hydroxyl groups is 1. The predicted octanol–water partition coefficient (Wildman–Crippen LogP) is -4.47. The molecule has 30 nitrogen and oxygen atoms in total. The number of benzene rings is 1. The second-order valence-electron chi connectivity index (χ2n) is 19.6. The van der Waals surface area contributed by atoms with Gasteiger partial charge in [-0.25, -0.2) is 4.79 Å². The molecule has 9 atom stereocenters. The van der Waals surface area contributed by atoms with Gasteiger partial charge in [-0.3, -0.25) is 57.7 Å². The lowest BCUT2D eigenvalue weighted by atomic mass is 9.96. The van der Waals surface area contributed by atoms with E-state index in [1.807, 2.05) is 0 Å². The van der Waals surface area contributed by atoms with Crippen LogP contribution in [0.15, 0.2) is 29.3 Å². The number of carboxylic acid groups (broad SMARTS) is 2. The molecular weight excluding hydrogens is 1050 g/mol. The van der Waals surface area contributed by atoms with Gasteiger partial charge in [-0.1, -0.05) is 46.2 Å². The lowest BCUT2D eigenvalue weighted by molar-refractivity contribution is -0.143. The summed E-state index contributed by atoms with van der Waals surface area (Å²) in [6.07, 6.45) is -1.37. The van der Waals surface area contributed by atoms with E-state index in [0.717, 1.165) is 0 Å². The lowest BCUT2D eigenvalue weighted by Crippen LogP contribution is -2.60. The van der Waals surface area contributed by atoms with Crippen LogP contribution in [0.4, 0.5) is 0 Å². The molecule has 1 aromatic carbocycles. The fraction of sp³-hybridized carbons (Fsp3) is 0.620. The summed E-state index contributed by atoms with van der Waals surface area (Å²) in [5.41, 5.74) is 33.7. The summed E-state index contributed by atoms with van der Waals surface area (Å²) in [6.45, 7) is 6.21. The van der Waals surface area contributed by atoms with E-state index in [2.05, 4.69) is 47.5 Å². The Balaban J connectivity index is 3.45. The fourth-order valence-corrected chi connectivity index (χ4v) is 7.67. The molecule has 0 saturated heterocycles. The highest BCUT2D eigenvalue weighted by atomic mass is 16.4. The van der Waals surface area contributed by atoms with Crippen LogP contribution >= 0.6 is 0 Å². The van der Waals surface area contributed by atoms with Gasteiger partial charge in [-0.15, -0.1) is 0 Å². The summed E-state index contributed by atoms with van der Waals surface area (Å²) in [5, 5.41) is 48.4. The van der Waals surface area contributed by atoms with Gasteiger partial charge in [0, 0.05) is 32.2 Å². The molecule has 23 N–H and O–H groups in total. The number of carbonyl (C=O) groups is 12. The molecule has 0 radical (unpaired) electrons. The maximum Gasteiger partial charge on any atom is 0.326 e. The summed E-state index contributed by atoms with van der Waals surface area (Å²) in [7, 11) is 0. The average molecular weight is 1130 g/mol. The first-order valence-corrected chi connectivity index (χ1v) is 26.3. The number of aliphatic carboxylic acids is 2. The van der Waals surface area contributed by atoms with Crippen molar-refractivity contribution in [1.82, 2.24) is 42.5 Å². The van der Waals surface area contributed by atoms with Crippen LogP contribution in [0.1, 0.15) is 117 Å². The lowest BCUT2D eigenvalue weighted by Gasteiger charge is -2.29. The number of guanidine groups is 1. The van der Waals surface area contributed by atoms with Gasteiger partial charge < -0.3 is 92.3 Å². The number of nitrogens with one attached hydrogen (secondary N) is 8. The summed E-state index contributed by atoms with van der Waals surface area (Å²) in [6, 6.07) is -5.58. The number of carboxylic acids is 2. The molecule has 80 heavy (non-hydrogen) atoms. The Hall–Kier alpha value is -8.15. The monoisotopic (exact) mass is 1130 g/mol. The van der Waals surface area contributed by atoms with Gasteiger partial charge in [0.1, 0.15) is 48.0 Å². The van der Waals surface area contributed by atoms with Crippen LogP contribution in [0, 0.1) is 11.8 Å². The molecule has 0 bridgehead atoms. The van der Waals surface area contributed by atoms with E-state index < -0.39 is 151 Å². The quantitative estimate of drug-likeness (QED) is 0.0167. The first-order chi connectivity index (χ1) is 37.6. The molecule has 0 aliphatic heterocycles. The number of primary amides is 2. The zero-order valence-corrected chi connectivity index (χ0v) is 45.8. The number of aliphatic imine (C=N–C) groups is 1. The van der Waals surface area contributed by atoms with Crippen molar-refractivity contribution in [2.24, 2.45) is 51.2 Å². The first kappa shape index (κ1) is 69.9. The molecule has 1 aromatic rings. The Morgan fingerprint density at radius 3 is 1.62 bits per heavy atom. The van der Waals surface area contributed by atoms with Crippen LogP contribution in [0.2, 0.25) is 0 Å². The highest BCUT2D eigenvalue weighted by Gasteiger charge is 2.35. The minimum atomic E-state index is -1.59. The van der Waals surface area contributed by atoms with E-state index in [4.69, 9.17) is 39.5 Å². The molecule has 30 heteroatoms. The van der Waals surface area contributed by atoms with E-state index in [1.54, 1.807) is 27.7 Å². The van der Waals surface area contributed by atoms with Gasteiger partial charge in [0.25, 0.3) is 0 Å². The number of rotatable bonds is 40. The van der Waals surface area contributed by atoms with Crippen LogP contribution in [-0.4, -0.2) is 160 Å². The molecule has 0 unspecified atom stereocenters. The molecule has 10 amide bonds. The van der Waals surface area contributed by atoms with E-state index in [0.29, 0.717) is 18.4 Å². The molecule has 0 fully saturated rings. The summed E-state index contributed by atoms with van der Waals surface area (Å²) in [5.74, 6) is -12.8. The fourth-order valence-electron chi connectivity index (χ4n) is 7.67. The first-order valence-electron chi connectivity index (χ1n) is 26.3. The normalized spacial score (nSPS) is 14.3. The zero-order valence-electron chi connectivity index (χ0n) is 45.8. The molecular formula is C50H83N15O15. The van der Waals surface area contributed by atoms with Gasteiger partial charge in [0.2, 0.25) is 59.1 Å². The maximum atomic E-state index is 14.3. The zero-order chi connectivity index (χ0) is 60.6. The Morgan fingerprint density at radius 1 is 0.562 bits per heavy atom. The van der Waals surface area contributed by atoms with Crippen molar-refractivity contribution < 1.29 is 72.9 Å². The van der Waals surface area contributed by atoms with Crippen molar-refractivity contribution in [2.75, 3.05) is 19.6 Å². The highest BCUT2D eigenvalue weighted by molar-refractivity contribution is 5.98. The largest absolute Gasteiger partial charge is 0.508 e. The van der Waals surface area contributed by atoms with Crippen LogP contribution in [0.5, 0.6) is 5.75 Å². The van der Waals surface area contributed by atoms with Gasteiger partial charge in [-0.2, -0.15) is 0 Å². The minimum Gasteiger partial charge on any atom is -0.508 e. The molecule has 0 saturated carbocycles. The summed E-state index contributed by atoms with van der Waals surface area (Å²) < 4.78 is 0. The van der Waals surface area contributed by atoms with Gasteiger partial charge >= 0.3 is 11.9 Å². The second kappa shape index (κ2) is 36.9. The second-order valence-corrected chi connectivity index (χ2v) is 19.6. The molecule has 0 spiro atoms. The number of hydrogen-bond donors (Lipinski definition) is 17. The Morgan fingerprint density at radius 2 is 1.06 bits per heavy atom. The molecule has 448 valence electrons. The molecule has 0 heterocycles. The van der Waals surface area contributed by atoms with E-state index in [9.17, 15) is 67.7 Å². The van der Waals surface area contributed by atoms with Crippen LogP contribution in [-0.2, 0) is 64.0 Å². The van der Waals surface area contributed by atoms with Gasteiger partial charge in [0.15, 0.2) is 5.96 Å². The Kier molecular flexibility index (Phi) is 32.2. The standard InChI is InChI=1S/C50H83N15O15/c1-5-27(4)41(65-45(75)32(10-8-22-57-50(55)56)60-47(77)36(24-28-11-13-29(66)14-12-28)63-42(72)30(52)15-18-37(53)67)48(78)61-33(16-19-38(54)68)43(73)58-25-39(69)59-31(9-6-7-21-51)44(74)64-35(23-26(2)3)46(76)62-34(49(79)80)17-20-40(70)71/h11-14,26-27,30-36,41,66H,5-10,15-25,51-52H2,1-4H3,(H2,53,67)(H2,54,68)(H,58,73)(H,59,69)(H,60,77)(H,61,78)(H,62,76)(H,63,72)(H,64,74)(H,65,75)(H,70,71)(H,79,80)(H4,55,56,57)/t27-,30-,31-,32-,33-,34-,35-,36-,41-/m0/s1. The number of phenolic OH excluding ortho intramolecular Hbond substituents is 1. The number of carbonyl (C=O) groups excluding carboxylic acids is 10. The van der Waals surface area contributed by atoms with Crippen LogP contribution < -0.4 is 76.9 Å². The number of nitrogens with two attached hydrogens (primary N) is 6. The predicted molar refractivity (Wildman–Crippen MR) is 289 cm³/mol. The topological polar surface area (TPSA) is 530 Å². The molecule has 1 rings (SSSR count). The van der Waals surface area contributed by atoms with Crippen molar-refractivity contribution in [3.8, 4) is 5.75 Å². The maximum absolute atomic E-state index is 14.3. The third kappa shape index (κ3) is 28.5. The smallest absolute Gasteiger partial charge is 0.326 e. The number of hydrogen-bond acceptors (Lipinski definition) is 16. The van der Waals surface area contributed by atoms with Crippen LogP contribution in [0.3, 0.4) is 0 Å². The van der Waals surface area contributed by atoms with Crippen molar-refractivity contribution in [3.63, 3.8) is 0 Å². The van der Waals surface area contributed by atoms with E-state index in [-0.39, 0.29) is 88.5 Å². The summed E-state index contributed by atoms with van der Waals surface area (Å²) in [4.78, 5) is 160. The number of nitrogens with zero attached hydrogens (tertiary/aromatic N) is 1. The van der Waals surface area contributed by atoms with Gasteiger partial charge in [-0.05, 0) is 93.9 Å². The van der Waals surface area contributed by atoms with Crippen molar-refractivity contribution in [1.29, 1.82) is 0 Å². The Labute approximate surface area is 463 Å². The SMILES string of the molecule is CC[C@H](C)[C@H](NC(=O)[C@H](CCCN=C(N)N)NC(=O)[C@H](Cc1ccc(O)cc1)NC(=O)[C@@H](N)CCC(N)=O)C(=O)N[C@@H](CCC(N)=O)C(=O)NCC(=O)N[C@@H](CCCCN)C(=O)N[C@@H](CC(C)C)C(=O)N[C@@H](CCC(=O)O)C(=O)O. The summed E-state index contributed by atoms with van der Waals surface area (Å²) >= 11 is 0. The van der Waals surface area contributed by atoms with Crippen molar-refractivity contribution in [2.45, 2.75) is 166 Å². The molecule has 0 aliphatic carbocycles. The van der Waals surface area contributed by atoms with Crippen molar-refractivity contribution >= 4 is 77.0 Å². The third-order valence-corrected chi connectivity index (χ3v) is 12.4. The Bertz CT molecular complexity index is 2300. The van der Waals surface area contributed by atoms with Crippen LogP contribution in [0.25, 0.3) is 0 Å². The van der Waals surface area contributed by atoms with Crippen molar-refractivity contribution in [3.05, 3.63) is 29.8 Å². The van der Waals surface area contributed by atoms with Gasteiger partial charge in [0.05, 0.1) is 12.6 Å².